The summed E-state index contributed by atoms with van der Waals surface area (Å²) in [5.41, 5.74) is 5.05. The largest absolute Gasteiger partial charge is 0.306 e. The van der Waals surface area contributed by atoms with Gasteiger partial charge < -0.3 is 5.41 Å². The molecule has 15 heavy (non-hydrogen) atoms. The molecule has 82 valence electrons. The first kappa shape index (κ1) is 13.6. The lowest BCUT2D eigenvalue weighted by Gasteiger charge is -2.11. The summed E-state index contributed by atoms with van der Waals surface area (Å²) < 4.78 is 0. The van der Waals surface area contributed by atoms with Crippen LogP contribution in [0, 0.1) is 5.41 Å². The SMILES string of the molecule is C=C(C)C(=C(C)C)/C(C=CC)=C\C(C)=N. The molecule has 0 unspecified atom stereocenters. The maximum absolute atomic E-state index is 7.52. The molecule has 0 atom stereocenters. The lowest BCUT2D eigenvalue weighted by Crippen LogP contribution is -1.94. The Morgan fingerprint density at radius 3 is 1.93 bits per heavy atom. The van der Waals surface area contributed by atoms with Crippen LogP contribution >= 0.6 is 0 Å². The molecule has 0 aliphatic rings. The highest BCUT2D eigenvalue weighted by Gasteiger charge is 2.05. The van der Waals surface area contributed by atoms with Gasteiger partial charge in [-0.25, -0.2) is 0 Å². The summed E-state index contributed by atoms with van der Waals surface area (Å²) in [6, 6.07) is 0. The zero-order chi connectivity index (χ0) is 12.0. The number of hydrogen-bond acceptors (Lipinski definition) is 1. The summed E-state index contributed by atoms with van der Waals surface area (Å²) in [4.78, 5) is 0. The second kappa shape index (κ2) is 6.18. The van der Waals surface area contributed by atoms with E-state index in [1.165, 1.54) is 5.57 Å². The molecule has 0 bridgehead atoms. The summed E-state index contributed by atoms with van der Waals surface area (Å²) in [6.07, 6.45) is 5.88. The van der Waals surface area contributed by atoms with E-state index in [9.17, 15) is 0 Å². The first-order chi connectivity index (χ1) is 6.90. The average Bonchev–Trinajstić information content (AvgIpc) is 2.01. The number of hydrogen-bond donors (Lipinski definition) is 1. The van der Waals surface area contributed by atoms with Crippen molar-refractivity contribution in [3.8, 4) is 0 Å². The van der Waals surface area contributed by atoms with Crippen molar-refractivity contribution in [2.75, 3.05) is 0 Å². The topological polar surface area (TPSA) is 23.9 Å². The first-order valence-electron chi connectivity index (χ1n) is 5.13. The Morgan fingerprint density at radius 1 is 1.13 bits per heavy atom. The van der Waals surface area contributed by atoms with Crippen LogP contribution in [-0.4, -0.2) is 5.71 Å². The van der Waals surface area contributed by atoms with Gasteiger partial charge in [-0.3, -0.25) is 0 Å². The van der Waals surface area contributed by atoms with Crippen molar-refractivity contribution in [3.63, 3.8) is 0 Å². The minimum atomic E-state index is 0.558. The van der Waals surface area contributed by atoms with E-state index in [0.29, 0.717) is 5.71 Å². The van der Waals surface area contributed by atoms with Gasteiger partial charge in [0.25, 0.3) is 0 Å². The highest BCUT2D eigenvalue weighted by atomic mass is 14.4. The lowest BCUT2D eigenvalue weighted by atomic mass is 9.94. The Balaban J connectivity index is 5.52. The van der Waals surface area contributed by atoms with Crippen molar-refractivity contribution in [3.05, 3.63) is 47.1 Å². The Labute approximate surface area is 93.4 Å². The van der Waals surface area contributed by atoms with Crippen molar-refractivity contribution >= 4 is 5.71 Å². The fourth-order valence-electron chi connectivity index (χ4n) is 1.58. The Bertz CT molecular complexity index is 348. The van der Waals surface area contributed by atoms with Gasteiger partial charge in [0, 0.05) is 5.71 Å². The number of nitrogens with one attached hydrogen (secondary N) is 1. The highest BCUT2D eigenvalue weighted by molar-refractivity contribution is 5.92. The number of rotatable bonds is 4. The zero-order valence-corrected chi connectivity index (χ0v) is 10.4. The zero-order valence-electron chi connectivity index (χ0n) is 10.4. The molecule has 0 saturated heterocycles. The summed E-state index contributed by atoms with van der Waals surface area (Å²) in [6.45, 7) is 13.9. The van der Waals surface area contributed by atoms with Crippen LogP contribution in [-0.2, 0) is 0 Å². The number of allylic oxidation sites excluding steroid dienone is 7. The van der Waals surface area contributed by atoms with Gasteiger partial charge in [-0.2, -0.15) is 0 Å². The lowest BCUT2D eigenvalue weighted by molar-refractivity contribution is 1.26. The molecule has 0 aliphatic heterocycles. The Hall–Kier alpha value is -1.37. The van der Waals surface area contributed by atoms with Gasteiger partial charge in [0.05, 0.1) is 0 Å². The minimum absolute atomic E-state index is 0.558. The van der Waals surface area contributed by atoms with Crippen molar-refractivity contribution in [1.29, 1.82) is 5.41 Å². The Kier molecular flexibility index (Phi) is 5.61. The van der Waals surface area contributed by atoms with Gasteiger partial charge in [0.2, 0.25) is 0 Å². The predicted molar refractivity (Wildman–Crippen MR) is 69.5 cm³/mol. The minimum Gasteiger partial charge on any atom is -0.306 e. The molecule has 0 fully saturated rings. The third kappa shape index (κ3) is 4.59. The van der Waals surface area contributed by atoms with E-state index in [-0.39, 0.29) is 0 Å². The van der Waals surface area contributed by atoms with E-state index in [1.54, 1.807) is 6.92 Å². The summed E-state index contributed by atoms with van der Waals surface area (Å²) in [5.74, 6) is 0. The van der Waals surface area contributed by atoms with E-state index in [4.69, 9.17) is 5.41 Å². The molecule has 1 nitrogen and oxygen atoms in total. The van der Waals surface area contributed by atoms with Crippen LogP contribution in [0.5, 0.6) is 0 Å². The fraction of sp³-hybridized carbons (Fsp3) is 0.357. The van der Waals surface area contributed by atoms with Gasteiger partial charge in [-0.1, -0.05) is 29.9 Å². The summed E-state index contributed by atoms with van der Waals surface area (Å²) >= 11 is 0. The molecule has 0 amide bonds. The maximum Gasteiger partial charge on any atom is 0.0289 e. The molecule has 0 aliphatic carbocycles. The standard InChI is InChI=1S/C14H21N/c1-7-8-13(9-12(6)15)14(10(2)3)11(4)5/h7-9,15H,2H2,1,3-6H3/b8-7?,13-9-,15-12?. The van der Waals surface area contributed by atoms with Crippen LogP contribution in [0.4, 0.5) is 0 Å². The predicted octanol–water partition coefficient (Wildman–Crippen LogP) is 4.44. The summed E-state index contributed by atoms with van der Waals surface area (Å²) in [5, 5.41) is 7.52. The van der Waals surface area contributed by atoms with Crippen LogP contribution in [0.25, 0.3) is 0 Å². The molecule has 0 saturated carbocycles. The first-order valence-corrected chi connectivity index (χ1v) is 5.13. The molecule has 0 heterocycles. The average molecular weight is 203 g/mol. The molecular weight excluding hydrogens is 182 g/mol. The van der Waals surface area contributed by atoms with Crippen molar-refractivity contribution < 1.29 is 0 Å². The smallest absolute Gasteiger partial charge is 0.0289 e. The fourth-order valence-corrected chi connectivity index (χ4v) is 1.58. The second-order valence-corrected chi connectivity index (χ2v) is 3.94. The van der Waals surface area contributed by atoms with Crippen LogP contribution in [0.3, 0.4) is 0 Å². The van der Waals surface area contributed by atoms with Gasteiger partial charge in [0.1, 0.15) is 0 Å². The van der Waals surface area contributed by atoms with Crippen LogP contribution < -0.4 is 0 Å². The maximum atomic E-state index is 7.52. The molecule has 1 heteroatoms. The van der Waals surface area contributed by atoms with Gasteiger partial charge in [0.15, 0.2) is 0 Å². The van der Waals surface area contributed by atoms with E-state index in [2.05, 4.69) is 20.4 Å². The van der Waals surface area contributed by atoms with Crippen LogP contribution in [0.2, 0.25) is 0 Å². The molecule has 0 spiro atoms. The van der Waals surface area contributed by atoms with E-state index < -0.39 is 0 Å². The van der Waals surface area contributed by atoms with Crippen molar-refractivity contribution in [2.24, 2.45) is 0 Å². The molecule has 0 aromatic rings. The quantitative estimate of drug-likeness (QED) is 0.516. The van der Waals surface area contributed by atoms with Crippen molar-refractivity contribution in [1.82, 2.24) is 0 Å². The Morgan fingerprint density at radius 2 is 1.67 bits per heavy atom. The van der Waals surface area contributed by atoms with E-state index >= 15 is 0 Å². The molecule has 0 aromatic carbocycles. The molecular formula is C14H21N. The van der Waals surface area contributed by atoms with Crippen LogP contribution in [0.1, 0.15) is 34.6 Å². The third-order valence-electron chi connectivity index (χ3n) is 1.93. The van der Waals surface area contributed by atoms with E-state index in [1.807, 2.05) is 32.1 Å². The molecule has 0 radical (unpaired) electrons. The van der Waals surface area contributed by atoms with Crippen LogP contribution in [0.15, 0.2) is 47.1 Å². The van der Waals surface area contributed by atoms with Gasteiger partial charge >= 0.3 is 0 Å². The molecule has 1 N–H and O–H groups in total. The second-order valence-electron chi connectivity index (χ2n) is 3.94. The van der Waals surface area contributed by atoms with E-state index in [0.717, 1.165) is 16.7 Å². The molecule has 0 rings (SSSR count). The summed E-state index contributed by atoms with van der Waals surface area (Å²) in [7, 11) is 0. The highest BCUT2D eigenvalue weighted by Crippen LogP contribution is 2.23. The third-order valence-corrected chi connectivity index (χ3v) is 1.93. The van der Waals surface area contributed by atoms with Gasteiger partial charge in [-0.15, -0.1) is 0 Å². The molecule has 0 aromatic heterocycles. The van der Waals surface area contributed by atoms with Gasteiger partial charge in [-0.05, 0) is 51.8 Å². The van der Waals surface area contributed by atoms with Crippen molar-refractivity contribution in [2.45, 2.75) is 34.6 Å². The monoisotopic (exact) mass is 203 g/mol. The normalized spacial score (nSPS) is 11.7.